The van der Waals surface area contributed by atoms with Crippen molar-refractivity contribution >= 4 is 35.6 Å². The number of nitrogens with one attached hydrogen (secondary N) is 1. The lowest BCUT2D eigenvalue weighted by molar-refractivity contribution is -0.144. The van der Waals surface area contributed by atoms with Crippen molar-refractivity contribution in [3.63, 3.8) is 0 Å². The van der Waals surface area contributed by atoms with Crippen molar-refractivity contribution in [2.75, 3.05) is 13.7 Å². The summed E-state index contributed by atoms with van der Waals surface area (Å²) in [4.78, 5) is 17.1. The van der Waals surface area contributed by atoms with Gasteiger partial charge in [0.05, 0.1) is 17.3 Å². The fraction of sp³-hybridized carbons (Fsp3) is 0.588. The van der Waals surface area contributed by atoms with Gasteiger partial charge in [0.2, 0.25) is 0 Å². The molecule has 1 aliphatic carbocycles. The van der Waals surface area contributed by atoms with E-state index in [0.29, 0.717) is 23.2 Å². The van der Waals surface area contributed by atoms with E-state index in [-0.39, 0.29) is 18.4 Å². The Morgan fingerprint density at radius 2 is 2.13 bits per heavy atom. The Hall–Kier alpha value is -1.20. The zero-order valence-corrected chi connectivity index (χ0v) is 15.1. The molecule has 6 heteroatoms. The lowest BCUT2D eigenvalue weighted by Gasteiger charge is -2.22. The monoisotopic (exact) mass is 356 g/mol. The van der Waals surface area contributed by atoms with Gasteiger partial charge in [0, 0.05) is 13.2 Å². The molecule has 128 valence electrons. The van der Waals surface area contributed by atoms with Gasteiger partial charge in [-0.05, 0) is 24.5 Å². The summed E-state index contributed by atoms with van der Waals surface area (Å²) >= 11 is 5.26. The molecule has 0 spiro atoms. The number of hydrogen-bond donors (Lipinski definition) is 1. The van der Waals surface area contributed by atoms with Crippen LogP contribution in [0.1, 0.15) is 50.1 Å². The molecule has 1 aliphatic rings. The summed E-state index contributed by atoms with van der Waals surface area (Å²) < 4.78 is 5.48. The number of esters is 1. The van der Waals surface area contributed by atoms with Crippen molar-refractivity contribution in [3.05, 3.63) is 30.1 Å². The number of halogens is 1. The first-order valence-electron chi connectivity index (χ1n) is 8.01. The van der Waals surface area contributed by atoms with Gasteiger partial charge < -0.3 is 10.1 Å². The van der Waals surface area contributed by atoms with Gasteiger partial charge in [0.15, 0.2) is 0 Å². The van der Waals surface area contributed by atoms with Crippen molar-refractivity contribution in [3.8, 4) is 0 Å². The van der Waals surface area contributed by atoms with E-state index in [2.05, 4.69) is 10.3 Å². The van der Waals surface area contributed by atoms with E-state index in [1.54, 1.807) is 19.3 Å². The number of hydrogen-bond acceptors (Lipinski definition) is 4. The second-order valence-electron chi connectivity index (χ2n) is 5.76. The summed E-state index contributed by atoms with van der Waals surface area (Å²) in [6, 6.07) is 5.47. The largest absolute Gasteiger partial charge is 0.465 e. The summed E-state index contributed by atoms with van der Waals surface area (Å²) in [7, 11) is 1.72. The van der Waals surface area contributed by atoms with Crippen LogP contribution in [-0.2, 0) is 9.53 Å². The molecule has 0 bridgehead atoms. The first-order valence-corrected chi connectivity index (χ1v) is 8.42. The Labute approximate surface area is 149 Å². The predicted octanol–water partition coefficient (Wildman–Crippen LogP) is 3.65. The number of ether oxygens (including phenoxy) is 1. The molecule has 1 fully saturated rings. The Morgan fingerprint density at radius 3 is 2.74 bits per heavy atom. The highest BCUT2D eigenvalue weighted by molar-refractivity contribution is 7.80. The van der Waals surface area contributed by atoms with Gasteiger partial charge >= 0.3 is 5.97 Å². The van der Waals surface area contributed by atoms with E-state index < -0.39 is 5.92 Å². The molecule has 0 amide bonds. The van der Waals surface area contributed by atoms with Crippen LogP contribution in [0, 0.1) is 5.92 Å². The molecule has 1 aromatic rings. The fourth-order valence-electron chi connectivity index (χ4n) is 2.94. The molecule has 1 saturated carbocycles. The quantitative estimate of drug-likeness (QED) is 0.622. The van der Waals surface area contributed by atoms with Gasteiger partial charge in [-0.1, -0.05) is 50.4 Å². The van der Waals surface area contributed by atoms with Crippen LogP contribution in [0.3, 0.4) is 0 Å². The maximum atomic E-state index is 12.4. The smallest absolute Gasteiger partial charge is 0.322 e. The average molecular weight is 357 g/mol. The molecule has 0 saturated heterocycles. The van der Waals surface area contributed by atoms with E-state index in [0.717, 1.165) is 6.42 Å². The molecule has 0 radical (unpaired) electrons. The predicted molar refractivity (Wildman–Crippen MR) is 98.0 cm³/mol. The van der Waals surface area contributed by atoms with Crippen LogP contribution in [0.15, 0.2) is 24.4 Å². The van der Waals surface area contributed by atoms with Crippen LogP contribution in [0.5, 0.6) is 0 Å². The number of carbonyl (C=O) groups is 1. The third kappa shape index (κ3) is 6.07. The van der Waals surface area contributed by atoms with Crippen molar-refractivity contribution in [2.24, 2.45) is 5.92 Å². The number of nitrogens with zero attached hydrogens (tertiary/aromatic N) is 1. The average Bonchev–Trinajstić information content (AvgIpc) is 2.57. The standard InChI is InChI=1S/C17H24N2O2S.ClH/c1-18-16(22)15(14-9-5-6-11-19-14)17(20)21-12-10-13-7-3-2-4-8-13;/h5-6,9,11,13,15H,2-4,7-8,10,12H2,1H3,(H,18,22);1H. The summed E-state index contributed by atoms with van der Waals surface area (Å²) in [5, 5.41) is 2.87. The Kier molecular flexibility index (Phi) is 9.10. The zero-order chi connectivity index (χ0) is 15.8. The van der Waals surface area contributed by atoms with Gasteiger partial charge in [-0.25, -0.2) is 0 Å². The minimum absolute atomic E-state index is 0. The lowest BCUT2D eigenvalue weighted by Crippen LogP contribution is -2.32. The summed E-state index contributed by atoms with van der Waals surface area (Å²) in [6.45, 7) is 0.471. The molecule has 23 heavy (non-hydrogen) atoms. The van der Waals surface area contributed by atoms with Crippen molar-refractivity contribution < 1.29 is 9.53 Å². The van der Waals surface area contributed by atoms with Crippen LogP contribution in [0.25, 0.3) is 0 Å². The second-order valence-corrected chi connectivity index (χ2v) is 6.20. The van der Waals surface area contributed by atoms with Crippen LogP contribution in [0.2, 0.25) is 0 Å². The number of carbonyl (C=O) groups excluding carboxylic acids is 1. The van der Waals surface area contributed by atoms with E-state index in [1.807, 2.05) is 12.1 Å². The fourth-order valence-corrected chi connectivity index (χ4v) is 3.16. The van der Waals surface area contributed by atoms with Gasteiger partial charge in [-0.2, -0.15) is 0 Å². The molecule has 1 atom stereocenters. The Balaban J connectivity index is 0.00000264. The maximum absolute atomic E-state index is 12.4. The Bertz CT molecular complexity index is 493. The minimum Gasteiger partial charge on any atom is -0.465 e. The highest BCUT2D eigenvalue weighted by atomic mass is 35.5. The van der Waals surface area contributed by atoms with Crippen molar-refractivity contribution in [2.45, 2.75) is 44.4 Å². The molecular formula is C17H25ClN2O2S. The highest BCUT2D eigenvalue weighted by Crippen LogP contribution is 2.26. The van der Waals surface area contributed by atoms with Crippen LogP contribution in [0.4, 0.5) is 0 Å². The lowest BCUT2D eigenvalue weighted by atomic mass is 9.87. The van der Waals surface area contributed by atoms with Gasteiger partial charge in [-0.3, -0.25) is 9.78 Å². The van der Waals surface area contributed by atoms with Gasteiger partial charge in [-0.15, -0.1) is 12.4 Å². The highest BCUT2D eigenvalue weighted by Gasteiger charge is 2.27. The second kappa shape index (κ2) is 10.6. The van der Waals surface area contributed by atoms with E-state index in [4.69, 9.17) is 17.0 Å². The molecule has 0 aromatic carbocycles. The maximum Gasteiger partial charge on any atom is 0.322 e. The first kappa shape index (κ1) is 19.8. The Morgan fingerprint density at radius 1 is 1.39 bits per heavy atom. The third-order valence-corrected chi connectivity index (χ3v) is 4.66. The van der Waals surface area contributed by atoms with Crippen LogP contribution >= 0.6 is 24.6 Å². The van der Waals surface area contributed by atoms with Crippen LogP contribution < -0.4 is 5.32 Å². The molecule has 1 N–H and O–H groups in total. The summed E-state index contributed by atoms with van der Waals surface area (Å²) in [6.07, 6.45) is 9.09. The molecule has 4 nitrogen and oxygen atoms in total. The SMILES string of the molecule is CNC(=S)C(C(=O)OCCC1CCCCC1)c1ccccn1.Cl. The zero-order valence-electron chi connectivity index (χ0n) is 13.5. The summed E-state index contributed by atoms with van der Waals surface area (Å²) in [5.41, 5.74) is 0.629. The van der Waals surface area contributed by atoms with Gasteiger partial charge in [0.1, 0.15) is 5.92 Å². The molecule has 0 aliphatic heterocycles. The van der Waals surface area contributed by atoms with E-state index in [1.165, 1.54) is 32.1 Å². The summed E-state index contributed by atoms with van der Waals surface area (Å²) in [5.74, 6) is -0.229. The third-order valence-electron chi connectivity index (χ3n) is 4.22. The van der Waals surface area contributed by atoms with E-state index in [9.17, 15) is 4.79 Å². The number of thiocarbonyl (C=S) groups is 1. The topological polar surface area (TPSA) is 51.2 Å². The van der Waals surface area contributed by atoms with Crippen LogP contribution in [-0.4, -0.2) is 29.6 Å². The molecule has 1 heterocycles. The molecule has 1 unspecified atom stereocenters. The van der Waals surface area contributed by atoms with Gasteiger partial charge in [0.25, 0.3) is 0 Å². The number of rotatable bonds is 6. The number of aromatic nitrogens is 1. The number of pyridine rings is 1. The van der Waals surface area contributed by atoms with Crippen molar-refractivity contribution in [1.82, 2.24) is 10.3 Å². The molecular weight excluding hydrogens is 332 g/mol. The number of likely N-dealkylation sites (N-methyl/N-ethyl adjacent to an activating group) is 1. The van der Waals surface area contributed by atoms with Crippen molar-refractivity contribution in [1.29, 1.82) is 0 Å². The normalized spacial score (nSPS) is 16.0. The van der Waals surface area contributed by atoms with E-state index >= 15 is 0 Å². The minimum atomic E-state index is -0.618. The first-order chi connectivity index (χ1) is 10.7. The molecule has 2 rings (SSSR count). The molecule has 1 aromatic heterocycles.